The third-order valence-electron chi connectivity index (χ3n) is 2.68. The van der Waals surface area contributed by atoms with Gasteiger partial charge in [0.1, 0.15) is 0 Å². The van der Waals surface area contributed by atoms with Gasteiger partial charge >= 0.3 is 0 Å². The molecule has 4 nitrogen and oxygen atoms in total. The predicted molar refractivity (Wildman–Crippen MR) is 65.4 cm³/mol. The molecule has 2 unspecified atom stereocenters. The molecule has 0 bridgehead atoms. The molecule has 3 N–H and O–H groups in total. The molecule has 0 aromatic rings. The van der Waals surface area contributed by atoms with Gasteiger partial charge in [-0.05, 0) is 20.3 Å². The first-order valence-electron chi connectivity index (χ1n) is 6.15. The van der Waals surface area contributed by atoms with Crippen molar-refractivity contribution in [2.24, 2.45) is 0 Å². The van der Waals surface area contributed by atoms with Crippen LogP contribution in [0.3, 0.4) is 0 Å². The largest absolute Gasteiger partial charge is 0.392 e. The number of nitrogens with zero attached hydrogens (tertiary/aromatic N) is 1. The number of aliphatic hydroxyl groups is 2. The molecule has 0 aromatic carbocycles. The Morgan fingerprint density at radius 1 is 1.38 bits per heavy atom. The van der Waals surface area contributed by atoms with Crippen molar-refractivity contribution < 1.29 is 10.2 Å². The highest BCUT2D eigenvalue weighted by Crippen LogP contribution is 2.14. The van der Waals surface area contributed by atoms with E-state index in [2.05, 4.69) is 24.1 Å². The number of nitrogens with one attached hydrogen (secondary N) is 1. The van der Waals surface area contributed by atoms with Gasteiger partial charge in [-0.25, -0.2) is 0 Å². The number of likely N-dealkylation sites (tertiary alicyclic amines) is 1. The fourth-order valence-electron chi connectivity index (χ4n) is 2.43. The zero-order chi connectivity index (χ0) is 12.3. The van der Waals surface area contributed by atoms with E-state index in [-0.39, 0.29) is 6.10 Å². The zero-order valence-corrected chi connectivity index (χ0v) is 10.9. The Balaban J connectivity index is 2.47. The zero-order valence-electron chi connectivity index (χ0n) is 10.9. The molecule has 1 heterocycles. The Morgan fingerprint density at radius 3 is 2.50 bits per heavy atom. The number of β-amino-alcohol motifs (C(OH)–C–C–N with tert-alkyl or cyclic N) is 2. The second-order valence-corrected chi connectivity index (χ2v) is 5.91. The van der Waals surface area contributed by atoms with Crippen LogP contribution < -0.4 is 5.32 Å². The molecule has 0 saturated carbocycles. The quantitative estimate of drug-likeness (QED) is 0.645. The second kappa shape index (κ2) is 5.45. The minimum Gasteiger partial charge on any atom is -0.392 e. The molecule has 1 aliphatic rings. The van der Waals surface area contributed by atoms with Crippen molar-refractivity contribution >= 4 is 0 Å². The molecule has 0 aromatic heterocycles. The van der Waals surface area contributed by atoms with E-state index in [1.54, 1.807) is 13.8 Å². The summed E-state index contributed by atoms with van der Waals surface area (Å²) in [6, 6.07) is 0.755. The highest BCUT2D eigenvalue weighted by Gasteiger charge is 2.29. The summed E-state index contributed by atoms with van der Waals surface area (Å²) in [5.74, 6) is 0. The Bertz CT molecular complexity index is 212. The van der Waals surface area contributed by atoms with E-state index in [0.717, 1.165) is 13.0 Å². The summed E-state index contributed by atoms with van der Waals surface area (Å²) in [6.45, 7) is 10.0. The van der Waals surface area contributed by atoms with Gasteiger partial charge in [0, 0.05) is 31.7 Å². The molecule has 1 rings (SSSR count). The van der Waals surface area contributed by atoms with Crippen molar-refractivity contribution in [2.75, 3.05) is 19.6 Å². The topological polar surface area (TPSA) is 55.7 Å². The van der Waals surface area contributed by atoms with Crippen LogP contribution in [0.1, 0.15) is 34.1 Å². The van der Waals surface area contributed by atoms with E-state index >= 15 is 0 Å². The number of rotatable bonds is 4. The lowest BCUT2D eigenvalue weighted by molar-refractivity contribution is -0.00803. The monoisotopic (exact) mass is 230 g/mol. The molecule has 2 atom stereocenters. The first kappa shape index (κ1) is 13.9. The molecule has 1 fully saturated rings. The molecule has 4 heteroatoms. The fourth-order valence-corrected chi connectivity index (χ4v) is 2.43. The van der Waals surface area contributed by atoms with E-state index < -0.39 is 5.60 Å². The van der Waals surface area contributed by atoms with E-state index in [0.29, 0.717) is 25.2 Å². The number of hydrogen-bond donors (Lipinski definition) is 3. The summed E-state index contributed by atoms with van der Waals surface area (Å²) in [5.41, 5.74) is -0.695. The van der Waals surface area contributed by atoms with Crippen molar-refractivity contribution in [1.29, 1.82) is 0 Å². The molecule has 96 valence electrons. The van der Waals surface area contributed by atoms with E-state index in [9.17, 15) is 10.2 Å². The van der Waals surface area contributed by atoms with Crippen LogP contribution in [0.5, 0.6) is 0 Å². The van der Waals surface area contributed by atoms with Crippen LogP contribution in [-0.4, -0.2) is 58.5 Å². The van der Waals surface area contributed by atoms with Gasteiger partial charge in [0.2, 0.25) is 0 Å². The van der Waals surface area contributed by atoms with Gasteiger partial charge in [0.25, 0.3) is 0 Å². The Labute approximate surface area is 98.6 Å². The minimum absolute atomic E-state index is 0.285. The highest BCUT2D eigenvalue weighted by atomic mass is 16.3. The Hall–Kier alpha value is -0.160. The van der Waals surface area contributed by atoms with Gasteiger partial charge in [0.05, 0.1) is 11.7 Å². The minimum atomic E-state index is -0.695. The van der Waals surface area contributed by atoms with Crippen molar-refractivity contribution in [1.82, 2.24) is 10.2 Å². The smallest absolute Gasteiger partial charge is 0.0718 e. The Morgan fingerprint density at radius 2 is 2.00 bits per heavy atom. The standard InChI is InChI=1S/C12H26N2O2/c1-9(2)13-10-5-11(15)7-14(6-10)8-12(3,4)16/h9-11,13,15-16H,5-8H2,1-4H3. The molecule has 0 amide bonds. The molecule has 0 aliphatic carbocycles. The van der Waals surface area contributed by atoms with Gasteiger partial charge in [-0.1, -0.05) is 13.8 Å². The molecule has 1 aliphatic heterocycles. The average molecular weight is 230 g/mol. The SMILES string of the molecule is CC(C)NC1CC(O)CN(CC(C)(C)O)C1. The maximum atomic E-state index is 9.80. The highest BCUT2D eigenvalue weighted by molar-refractivity contribution is 4.86. The lowest BCUT2D eigenvalue weighted by Crippen LogP contribution is -2.55. The summed E-state index contributed by atoms with van der Waals surface area (Å²) in [5, 5.41) is 23.0. The number of hydrogen-bond acceptors (Lipinski definition) is 4. The van der Waals surface area contributed by atoms with Gasteiger partial charge in [-0.3, -0.25) is 4.90 Å². The maximum Gasteiger partial charge on any atom is 0.0718 e. The number of aliphatic hydroxyl groups excluding tert-OH is 1. The predicted octanol–water partition coefficient (Wildman–Crippen LogP) is 0.190. The van der Waals surface area contributed by atoms with Crippen molar-refractivity contribution in [3.8, 4) is 0 Å². The third kappa shape index (κ3) is 5.25. The maximum absolute atomic E-state index is 9.80. The molecular formula is C12H26N2O2. The first-order chi connectivity index (χ1) is 7.26. The van der Waals surface area contributed by atoms with Crippen LogP contribution in [0.25, 0.3) is 0 Å². The molecule has 0 radical (unpaired) electrons. The third-order valence-corrected chi connectivity index (χ3v) is 2.68. The van der Waals surface area contributed by atoms with E-state index in [4.69, 9.17) is 0 Å². The summed E-state index contributed by atoms with van der Waals surface area (Å²) in [7, 11) is 0. The van der Waals surface area contributed by atoms with Crippen molar-refractivity contribution in [3.63, 3.8) is 0 Å². The van der Waals surface area contributed by atoms with Crippen LogP contribution in [-0.2, 0) is 0 Å². The summed E-state index contributed by atoms with van der Waals surface area (Å²) >= 11 is 0. The number of piperidine rings is 1. The van der Waals surface area contributed by atoms with Crippen LogP contribution in [0.15, 0.2) is 0 Å². The summed E-state index contributed by atoms with van der Waals surface area (Å²) in [4.78, 5) is 2.13. The Kier molecular flexibility index (Phi) is 4.73. The van der Waals surface area contributed by atoms with Crippen molar-refractivity contribution in [3.05, 3.63) is 0 Å². The fraction of sp³-hybridized carbons (Fsp3) is 1.00. The van der Waals surface area contributed by atoms with E-state index in [1.807, 2.05) is 0 Å². The van der Waals surface area contributed by atoms with Gasteiger partial charge in [-0.15, -0.1) is 0 Å². The van der Waals surface area contributed by atoms with E-state index in [1.165, 1.54) is 0 Å². The van der Waals surface area contributed by atoms with Crippen molar-refractivity contribution in [2.45, 2.75) is 57.9 Å². The summed E-state index contributed by atoms with van der Waals surface area (Å²) in [6.07, 6.45) is 0.521. The first-order valence-corrected chi connectivity index (χ1v) is 6.15. The molecular weight excluding hydrogens is 204 g/mol. The lowest BCUT2D eigenvalue weighted by Gasteiger charge is -2.39. The molecule has 16 heavy (non-hydrogen) atoms. The average Bonchev–Trinajstić information content (AvgIpc) is 1.96. The van der Waals surface area contributed by atoms with Gasteiger partial charge in [0.15, 0.2) is 0 Å². The molecule has 1 saturated heterocycles. The summed E-state index contributed by atoms with van der Waals surface area (Å²) < 4.78 is 0. The van der Waals surface area contributed by atoms with Gasteiger partial charge in [-0.2, -0.15) is 0 Å². The van der Waals surface area contributed by atoms with Crippen LogP contribution in [0.2, 0.25) is 0 Å². The van der Waals surface area contributed by atoms with Gasteiger partial charge < -0.3 is 15.5 Å². The molecule has 0 spiro atoms. The van der Waals surface area contributed by atoms with Crippen LogP contribution in [0, 0.1) is 0 Å². The normalized spacial score (nSPS) is 28.7. The van der Waals surface area contributed by atoms with Crippen LogP contribution >= 0.6 is 0 Å². The lowest BCUT2D eigenvalue weighted by atomic mass is 10.00. The second-order valence-electron chi connectivity index (χ2n) is 5.91. The van der Waals surface area contributed by atoms with Crippen LogP contribution in [0.4, 0.5) is 0 Å².